The first kappa shape index (κ1) is 18.8. The van der Waals surface area contributed by atoms with Gasteiger partial charge in [-0.25, -0.2) is 9.97 Å². The van der Waals surface area contributed by atoms with E-state index in [1.54, 1.807) is 6.20 Å². The lowest BCUT2D eigenvalue weighted by molar-refractivity contribution is -0.153. The van der Waals surface area contributed by atoms with E-state index in [9.17, 15) is 13.2 Å². The van der Waals surface area contributed by atoms with Crippen molar-refractivity contribution in [2.75, 3.05) is 30.9 Å². The zero-order valence-electron chi connectivity index (χ0n) is 14.4. The van der Waals surface area contributed by atoms with Crippen molar-refractivity contribution < 1.29 is 17.9 Å². The van der Waals surface area contributed by atoms with E-state index in [1.165, 1.54) is 18.3 Å². The van der Waals surface area contributed by atoms with Gasteiger partial charge < -0.3 is 15.0 Å². The van der Waals surface area contributed by atoms with E-state index >= 15 is 0 Å². The van der Waals surface area contributed by atoms with Crippen molar-refractivity contribution in [2.24, 2.45) is 0 Å². The van der Waals surface area contributed by atoms with Gasteiger partial charge in [0.1, 0.15) is 11.4 Å². The molecule has 142 valence electrons. The van der Waals surface area contributed by atoms with Crippen LogP contribution in [0.15, 0.2) is 36.7 Å². The summed E-state index contributed by atoms with van der Waals surface area (Å²) in [7, 11) is 3.81. The average molecular weight is 396 g/mol. The Morgan fingerprint density at radius 3 is 2.67 bits per heavy atom. The zero-order valence-corrected chi connectivity index (χ0v) is 15.2. The van der Waals surface area contributed by atoms with E-state index in [0.29, 0.717) is 22.5 Å². The van der Waals surface area contributed by atoms with Crippen LogP contribution >= 0.6 is 11.5 Å². The van der Waals surface area contributed by atoms with Gasteiger partial charge in [-0.2, -0.15) is 22.5 Å². The van der Waals surface area contributed by atoms with E-state index in [2.05, 4.69) is 29.4 Å². The molecule has 0 aromatic carbocycles. The third-order valence-corrected chi connectivity index (χ3v) is 3.92. The van der Waals surface area contributed by atoms with Gasteiger partial charge in [0.2, 0.25) is 5.13 Å². The lowest BCUT2D eigenvalue weighted by Gasteiger charge is -2.15. The highest BCUT2D eigenvalue weighted by Crippen LogP contribution is 2.28. The summed E-state index contributed by atoms with van der Waals surface area (Å²) in [4.78, 5) is 14.6. The van der Waals surface area contributed by atoms with Crippen LogP contribution in [0, 0.1) is 0 Å². The summed E-state index contributed by atoms with van der Waals surface area (Å²) in [6.45, 7) is -1.37. The smallest absolute Gasteiger partial charge is 0.422 e. The van der Waals surface area contributed by atoms with Gasteiger partial charge in [0.05, 0.1) is 11.9 Å². The molecule has 0 radical (unpaired) electrons. The Morgan fingerprint density at radius 2 is 2.00 bits per heavy atom. The molecular weight excluding hydrogens is 381 g/mol. The van der Waals surface area contributed by atoms with Gasteiger partial charge in [-0.05, 0) is 24.3 Å². The summed E-state index contributed by atoms with van der Waals surface area (Å²) < 4.78 is 45.3. The van der Waals surface area contributed by atoms with E-state index < -0.39 is 12.8 Å². The van der Waals surface area contributed by atoms with Crippen LogP contribution in [-0.2, 0) is 0 Å². The van der Waals surface area contributed by atoms with E-state index in [0.717, 1.165) is 17.2 Å². The number of nitrogens with zero attached hydrogens (tertiary/aromatic N) is 5. The fraction of sp³-hybridized carbons (Fsp3) is 0.250. The molecule has 0 spiro atoms. The van der Waals surface area contributed by atoms with Crippen LogP contribution in [0.1, 0.15) is 0 Å². The minimum atomic E-state index is -4.40. The Hall–Kier alpha value is -2.95. The molecule has 0 aliphatic rings. The van der Waals surface area contributed by atoms with E-state index in [1.807, 2.05) is 31.1 Å². The maximum Gasteiger partial charge on any atom is 0.422 e. The average Bonchev–Trinajstić information content (AvgIpc) is 3.08. The van der Waals surface area contributed by atoms with Gasteiger partial charge in [-0.1, -0.05) is 0 Å². The first-order valence-corrected chi connectivity index (χ1v) is 8.48. The molecule has 0 bridgehead atoms. The second kappa shape index (κ2) is 7.74. The van der Waals surface area contributed by atoms with Crippen molar-refractivity contribution in [2.45, 2.75) is 6.18 Å². The highest BCUT2D eigenvalue weighted by atomic mass is 32.1. The van der Waals surface area contributed by atoms with E-state index in [4.69, 9.17) is 0 Å². The highest BCUT2D eigenvalue weighted by Gasteiger charge is 2.28. The molecule has 0 saturated carbocycles. The van der Waals surface area contributed by atoms with Crippen molar-refractivity contribution in [3.8, 4) is 17.3 Å². The van der Waals surface area contributed by atoms with Gasteiger partial charge >= 0.3 is 6.18 Å². The molecule has 3 rings (SSSR count). The predicted octanol–water partition coefficient (Wildman–Crippen LogP) is 3.75. The van der Waals surface area contributed by atoms with Crippen LogP contribution in [0.3, 0.4) is 0 Å². The minimum Gasteiger partial charge on any atom is -0.483 e. The van der Waals surface area contributed by atoms with Gasteiger partial charge in [-0.3, -0.25) is 0 Å². The molecule has 0 fully saturated rings. The first-order chi connectivity index (χ1) is 12.8. The number of rotatable bonds is 6. The maximum absolute atomic E-state index is 12.2. The van der Waals surface area contributed by atoms with Gasteiger partial charge in [0, 0.05) is 31.8 Å². The predicted molar refractivity (Wildman–Crippen MR) is 96.5 cm³/mol. The van der Waals surface area contributed by atoms with Crippen LogP contribution in [0.25, 0.3) is 11.5 Å². The minimum absolute atomic E-state index is 0.0220. The Bertz CT molecular complexity index is 898. The Labute approximate surface area is 157 Å². The number of halogens is 3. The molecule has 0 aliphatic heterocycles. The van der Waals surface area contributed by atoms with Crippen molar-refractivity contribution in [3.05, 3.63) is 36.7 Å². The van der Waals surface area contributed by atoms with Crippen LogP contribution in [0.2, 0.25) is 0 Å². The number of aromatic nitrogens is 4. The molecule has 11 heteroatoms. The summed E-state index contributed by atoms with van der Waals surface area (Å²) in [5.74, 6) is 1.01. The number of nitrogens with one attached hydrogen (secondary N) is 1. The van der Waals surface area contributed by atoms with Gasteiger partial charge in [0.25, 0.3) is 0 Å². The molecule has 0 atom stereocenters. The van der Waals surface area contributed by atoms with Crippen molar-refractivity contribution in [1.29, 1.82) is 0 Å². The van der Waals surface area contributed by atoms with Crippen LogP contribution in [0.4, 0.5) is 29.8 Å². The van der Waals surface area contributed by atoms with Gasteiger partial charge in [0.15, 0.2) is 18.2 Å². The summed E-state index contributed by atoms with van der Waals surface area (Å²) in [6, 6.07) is 6.64. The number of alkyl halides is 3. The number of hydrogen-bond donors (Lipinski definition) is 1. The quantitative estimate of drug-likeness (QED) is 0.680. The summed E-state index contributed by atoms with van der Waals surface area (Å²) >= 11 is 1.13. The molecule has 3 heterocycles. The molecule has 3 aromatic heterocycles. The van der Waals surface area contributed by atoms with Crippen LogP contribution in [0.5, 0.6) is 5.75 Å². The fourth-order valence-electron chi connectivity index (χ4n) is 2.10. The molecule has 7 nitrogen and oxygen atoms in total. The third kappa shape index (κ3) is 5.03. The number of anilines is 3. The molecule has 1 N–H and O–H groups in total. The summed E-state index contributed by atoms with van der Waals surface area (Å²) in [5.41, 5.74) is 1.31. The second-order valence-corrected chi connectivity index (χ2v) is 6.35. The summed E-state index contributed by atoms with van der Waals surface area (Å²) in [5, 5.41) is 3.63. The second-order valence-electron chi connectivity index (χ2n) is 5.60. The Balaban J connectivity index is 1.71. The lowest BCUT2D eigenvalue weighted by Crippen LogP contribution is -2.19. The third-order valence-electron chi connectivity index (χ3n) is 3.29. The molecule has 3 aromatic rings. The molecule has 0 unspecified atom stereocenters. The normalized spacial score (nSPS) is 11.3. The van der Waals surface area contributed by atoms with Crippen molar-refractivity contribution in [3.63, 3.8) is 0 Å². The highest BCUT2D eigenvalue weighted by molar-refractivity contribution is 7.09. The van der Waals surface area contributed by atoms with Gasteiger partial charge in [-0.15, -0.1) is 0 Å². The van der Waals surface area contributed by atoms with Crippen molar-refractivity contribution in [1.82, 2.24) is 19.3 Å². The number of ether oxygens (including phenoxy) is 1. The molecule has 0 aliphatic carbocycles. The Morgan fingerprint density at radius 1 is 1.19 bits per heavy atom. The molecule has 0 saturated heterocycles. The molecule has 0 amide bonds. The molecular formula is C16H15F3N6OS. The van der Waals surface area contributed by atoms with Crippen molar-refractivity contribution >= 4 is 28.2 Å². The number of hydrogen-bond acceptors (Lipinski definition) is 8. The first-order valence-electron chi connectivity index (χ1n) is 7.71. The lowest BCUT2D eigenvalue weighted by atomic mass is 10.3. The number of pyridine rings is 2. The fourth-order valence-corrected chi connectivity index (χ4v) is 2.67. The van der Waals surface area contributed by atoms with E-state index in [-0.39, 0.29) is 5.75 Å². The van der Waals surface area contributed by atoms with Crippen LogP contribution < -0.4 is 15.0 Å². The summed E-state index contributed by atoms with van der Waals surface area (Å²) in [6.07, 6.45) is -1.52. The Kier molecular flexibility index (Phi) is 5.40. The topological polar surface area (TPSA) is 76.1 Å². The standard InChI is InChI=1S/C16H15F3N6OS/c1-25(2)12-4-3-7-20-14(12)23-15-22-13(24-27-15)11-6-5-10(8-21-11)26-9-16(17,18)19/h3-8H,9H2,1-2H3,(H,20,22,23,24). The SMILES string of the molecule is CN(C)c1cccnc1Nc1nc(-c2ccc(OCC(F)(F)F)cn2)ns1. The largest absolute Gasteiger partial charge is 0.483 e. The molecule has 27 heavy (non-hydrogen) atoms. The zero-order chi connectivity index (χ0) is 19.4. The maximum atomic E-state index is 12.2. The monoisotopic (exact) mass is 396 g/mol. The van der Waals surface area contributed by atoms with Crippen LogP contribution in [-0.4, -0.2) is 46.2 Å².